The Morgan fingerprint density at radius 2 is 2.57 bits per heavy atom. The molecule has 0 amide bonds. The molecule has 0 fully saturated rings. The Bertz CT molecular complexity index is 442. The Balaban J connectivity index is 2.14. The fraction of sp³-hybridized carbons (Fsp3) is 0.375. The van der Waals surface area contributed by atoms with E-state index in [1.165, 1.54) is 4.88 Å². The van der Waals surface area contributed by atoms with Gasteiger partial charge in [-0.05, 0) is 30.6 Å². The van der Waals surface area contributed by atoms with E-state index in [4.69, 9.17) is 12.2 Å². The molecule has 1 unspecified atom stereocenters. The summed E-state index contributed by atoms with van der Waals surface area (Å²) in [6.45, 7) is 2.09. The molecule has 0 spiro atoms. The maximum atomic E-state index is 5.02. The van der Waals surface area contributed by atoms with Crippen LogP contribution in [-0.4, -0.2) is 20.2 Å². The first-order valence-electron chi connectivity index (χ1n) is 4.29. The molecule has 2 rings (SSSR count). The van der Waals surface area contributed by atoms with Gasteiger partial charge in [0, 0.05) is 11.3 Å². The highest BCUT2D eigenvalue weighted by Crippen LogP contribution is 2.16. The van der Waals surface area contributed by atoms with E-state index in [0.717, 1.165) is 6.42 Å². The van der Waals surface area contributed by atoms with Crippen LogP contribution in [0.4, 0.5) is 0 Å². The summed E-state index contributed by atoms with van der Waals surface area (Å²) in [5.41, 5.74) is 0. The van der Waals surface area contributed by atoms with Crippen LogP contribution in [0.25, 0.3) is 0 Å². The Hall–Kier alpha value is -1.01. The van der Waals surface area contributed by atoms with Crippen LogP contribution < -0.4 is 0 Å². The molecule has 4 nitrogen and oxygen atoms in total. The highest BCUT2D eigenvalue weighted by molar-refractivity contribution is 7.71. The van der Waals surface area contributed by atoms with Gasteiger partial charge < -0.3 is 0 Å². The zero-order valence-electron chi connectivity index (χ0n) is 7.67. The zero-order valence-corrected chi connectivity index (χ0v) is 9.31. The third kappa shape index (κ3) is 1.91. The summed E-state index contributed by atoms with van der Waals surface area (Å²) in [6.07, 6.45) is 0.954. The molecule has 0 saturated carbocycles. The van der Waals surface area contributed by atoms with Crippen LogP contribution in [0, 0.1) is 4.77 Å². The average molecular weight is 226 g/mol. The largest absolute Gasteiger partial charge is 0.239 e. The van der Waals surface area contributed by atoms with Gasteiger partial charge in [-0.1, -0.05) is 16.4 Å². The Kier molecular flexibility index (Phi) is 2.74. The minimum atomic E-state index is 0.274. The number of rotatable bonds is 3. The molecule has 0 aromatic carbocycles. The molecule has 0 aliphatic heterocycles. The predicted octanol–water partition coefficient (Wildman–Crippen LogP) is 2.20. The highest BCUT2D eigenvalue weighted by atomic mass is 32.1. The second-order valence-electron chi connectivity index (χ2n) is 3.09. The van der Waals surface area contributed by atoms with Crippen molar-refractivity contribution in [2.45, 2.75) is 19.4 Å². The third-order valence-electron chi connectivity index (χ3n) is 2.01. The van der Waals surface area contributed by atoms with Crippen LogP contribution in [0.2, 0.25) is 0 Å². The lowest BCUT2D eigenvalue weighted by atomic mass is 10.2. The highest BCUT2D eigenvalue weighted by Gasteiger charge is 2.08. The summed E-state index contributed by atoms with van der Waals surface area (Å²) in [5, 5.41) is 12.3. The van der Waals surface area contributed by atoms with Crippen molar-refractivity contribution < 1.29 is 0 Å². The molecule has 2 aromatic heterocycles. The van der Waals surface area contributed by atoms with Gasteiger partial charge in [0.2, 0.25) is 4.77 Å². The van der Waals surface area contributed by atoms with Crippen LogP contribution in [0.5, 0.6) is 0 Å². The summed E-state index contributed by atoms with van der Waals surface area (Å²) in [6, 6.07) is 4.45. The standard InChI is InChI=1S/C8H10N4S2/c1-6(5-7-3-2-4-14-7)12-8(13)9-10-11-12/h2-4,6H,5H2,1H3,(H,9,11,13). The summed E-state index contributed by atoms with van der Waals surface area (Å²) in [5.74, 6) is 0. The number of H-pyrrole nitrogens is 1. The van der Waals surface area contributed by atoms with Crippen molar-refractivity contribution >= 4 is 23.6 Å². The number of nitrogens with zero attached hydrogens (tertiary/aromatic N) is 3. The van der Waals surface area contributed by atoms with Crippen molar-refractivity contribution in [2.75, 3.05) is 0 Å². The van der Waals surface area contributed by atoms with Gasteiger partial charge in [0.15, 0.2) is 0 Å². The minimum absolute atomic E-state index is 0.274. The normalized spacial score (nSPS) is 12.9. The third-order valence-corrected chi connectivity index (χ3v) is 3.19. The molecule has 6 heteroatoms. The number of aromatic amines is 1. The average Bonchev–Trinajstić information content (AvgIpc) is 2.75. The summed E-state index contributed by atoms with van der Waals surface area (Å²) < 4.78 is 2.31. The quantitative estimate of drug-likeness (QED) is 0.816. The summed E-state index contributed by atoms with van der Waals surface area (Å²) in [7, 11) is 0. The summed E-state index contributed by atoms with van der Waals surface area (Å²) >= 11 is 6.77. The van der Waals surface area contributed by atoms with Gasteiger partial charge in [0.05, 0.1) is 6.04 Å². The number of hydrogen-bond donors (Lipinski definition) is 1. The fourth-order valence-electron chi connectivity index (χ4n) is 1.30. The van der Waals surface area contributed by atoms with E-state index in [0.29, 0.717) is 4.77 Å². The van der Waals surface area contributed by atoms with Crippen molar-refractivity contribution in [3.05, 3.63) is 27.2 Å². The molecule has 0 radical (unpaired) electrons. The van der Waals surface area contributed by atoms with E-state index < -0.39 is 0 Å². The maximum absolute atomic E-state index is 5.02. The first-order chi connectivity index (χ1) is 6.77. The van der Waals surface area contributed by atoms with Crippen LogP contribution >= 0.6 is 23.6 Å². The monoisotopic (exact) mass is 226 g/mol. The number of tetrazole rings is 1. The number of nitrogens with one attached hydrogen (secondary N) is 1. The van der Waals surface area contributed by atoms with Gasteiger partial charge in [-0.15, -0.1) is 11.3 Å². The molecule has 74 valence electrons. The van der Waals surface area contributed by atoms with Crippen molar-refractivity contribution in [1.29, 1.82) is 0 Å². The minimum Gasteiger partial charge on any atom is -0.239 e. The number of aromatic nitrogens is 4. The molecule has 0 bridgehead atoms. The van der Waals surface area contributed by atoms with Gasteiger partial charge in [0.1, 0.15) is 0 Å². The van der Waals surface area contributed by atoms with Crippen molar-refractivity contribution in [2.24, 2.45) is 0 Å². The summed E-state index contributed by atoms with van der Waals surface area (Å²) in [4.78, 5) is 1.34. The van der Waals surface area contributed by atoms with Gasteiger partial charge in [0.25, 0.3) is 0 Å². The van der Waals surface area contributed by atoms with Crippen LogP contribution in [0.15, 0.2) is 17.5 Å². The number of thiophene rings is 1. The lowest BCUT2D eigenvalue weighted by Crippen LogP contribution is -2.09. The SMILES string of the molecule is CC(Cc1cccs1)n1[nH]nnc1=S. The molecule has 0 aliphatic carbocycles. The molecule has 2 heterocycles. The van der Waals surface area contributed by atoms with Crippen LogP contribution in [-0.2, 0) is 6.42 Å². The lowest BCUT2D eigenvalue weighted by Gasteiger charge is -2.09. The molecular weight excluding hydrogens is 216 g/mol. The number of hydrogen-bond acceptors (Lipinski definition) is 4. The molecule has 0 saturated heterocycles. The molecular formula is C8H10N4S2. The van der Waals surface area contributed by atoms with E-state index in [1.54, 1.807) is 16.0 Å². The van der Waals surface area contributed by atoms with Crippen molar-refractivity contribution in [3.8, 4) is 0 Å². The van der Waals surface area contributed by atoms with E-state index in [2.05, 4.69) is 40.0 Å². The van der Waals surface area contributed by atoms with Crippen LogP contribution in [0.3, 0.4) is 0 Å². The van der Waals surface area contributed by atoms with E-state index >= 15 is 0 Å². The molecule has 1 atom stereocenters. The second-order valence-corrected chi connectivity index (χ2v) is 4.48. The molecule has 1 N–H and O–H groups in total. The fourth-order valence-corrected chi connectivity index (χ4v) is 2.39. The Labute approximate surface area is 90.6 Å². The van der Waals surface area contributed by atoms with Gasteiger partial charge in [-0.25, -0.2) is 4.68 Å². The van der Waals surface area contributed by atoms with E-state index in [-0.39, 0.29) is 6.04 Å². The molecule has 0 aliphatic rings. The smallest absolute Gasteiger partial charge is 0.238 e. The van der Waals surface area contributed by atoms with E-state index in [1.807, 2.05) is 0 Å². The zero-order chi connectivity index (χ0) is 9.97. The molecule has 2 aromatic rings. The molecule has 14 heavy (non-hydrogen) atoms. The second kappa shape index (κ2) is 4.02. The Morgan fingerprint density at radius 3 is 3.14 bits per heavy atom. The van der Waals surface area contributed by atoms with E-state index in [9.17, 15) is 0 Å². The Morgan fingerprint density at radius 1 is 1.71 bits per heavy atom. The van der Waals surface area contributed by atoms with Crippen molar-refractivity contribution in [1.82, 2.24) is 20.2 Å². The van der Waals surface area contributed by atoms with Gasteiger partial charge in [-0.2, -0.15) is 5.21 Å². The predicted molar refractivity (Wildman–Crippen MR) is 57.9 cm³/mol. The first-order valence-corrected chi connectivity index (χ1v) is 5.58. The van der Waals surface area contributed by atoms with Crippen LogP contribution in [0.1, 0.15) is 17.8 Å². The van der Waals surface area contributed by atoms with Gasteiger partial charge in [-0.3, -0.25) is 0 Å². The maximum Gasteiger partial charge on any atom is 0.238 e. The lowest BCUT2D eigenvalue weighted by molar-refractivity contribution is 0.472. The topological polar surface area (TPSA) is 46.5 Å². The van der Waals surface area contributed by atoms with Gasteiger partial charge >= 0.3 is 0 Å². The van der Waals surface area contributed by atoms with Crippen molar-refractivity contribution in [3.63, 3.8) is 0 Å². The first kappa shape index (κ1) is 9.54.